The van der Waals surface area contributed by atoms with E-state index in [1.165, 1.54) is 0 Å². The topological polar surface area (TPSA) is 76.4 Å². The van der Waals surface area contributed by atoms with Crippen LogP contribution >= 0.6 is 0 Å². The highest BCUT2D eigenvalue weighted by molar-refractivity contribution is 6.03. The minimum absolute atomic E-state index is 0.191. The Balaban J connectivity index is 1.81. The number of ketones is 1. The molecule has 2 heterocycles. The van der Waals surface area contributed by atoms with Gasteiger partial charge in [-0.1, -0.05) is 12.1 Å². The molecule has 1 aromatic carbocycles. The van der Waals surface area contributed by atoms with Gasteiger partial charge in [-0.05, 0) is 12.0 Å². The number of carbonyl (C=O) groups excluding carboxylic acids is 3. The van der Waals surface area contributed by atoms with E-state index >= 15 is 0 Å². The van der Waals surface area contributed by atoms with Crippen molar-refractivity contribution < 1.29 is 18.8 Å². The fourth-order valence-electron chi connectivity index (χ4n) is 3.31. The van der Waals surface area contributed by atoms with Crippen LogP contribution in [-0.4, -0.2) is 17.6 Å². The van der Waals surface area contributed by atoms with E-state index in [-0.39, 0.29) is 23.5 Å². The Morgan fingerprint density at radius 3 is 2.81 bits per heavy atom. The van der Waals surface area contributed by atoms with Crippen LogP contribution in [0.5, 0.6) is 0 Å². The van der Waals surface area contributed by atoms with Gasteiger partial charge < -0.3 is 4.42 Å². The molecule has 5 heteroatoms. The van der Waals surface area contributed by atoms with Gasteiger partial charge in [0.05, 0.1) is 12.2 Å². The van der Waals surface area contributed by atoms with Gasteiger partial charge in [-0.25, -0.2) is 0 Å². The molecule has 1 N–H and O–H groups in total. The number of hydrogen-bond acceptors (Lipinski definition) is 4. The highest BCUT2D eigenvalue weighted by atomic mass is 16.3. The Hall–Kier alpha value is -2.43. The number of hydrogen-bond donors (Lipinski definition) is 1. The summed E-state index contributed by atoms with van der Waals surface area (Å²) in [4.78, 5) is 34.9. The second-order valence-corrected chi connectivity index (χ2v) is 5.67. The Kier molecular flexibility index (Phi) is 2.51. The number of fused-ring (bicyclic) bond motifs is 3. The zero-order chi connectivity index (χ0) is 14.6. The van der Waals surface area contributed by atoms with E-state index in [4.69, 9.17) is 4.42 Å². The van der Waals surface area contributed by atoms with E-state index in [1.54, 1.807) is 6.26 Å². The molecule has 0 spiro atoms. The molecule has 1 aliphatic heterocycles. The zero-order valence-corrected chi connectivity index (χ0v) is 11.3. The Labute approximate surface area is 120 Å². The molecular formula is C16H13NO4. The number of imide groups is 1. The molecule has 0 radical (unpaired) electrons. The van der Waals surface area contributed by atoms with Crippen molar-refractivity contribution >= 4 is 28.6 Å². The van der Waals surface area contributed by atoms with Gasteiger partial charge in [0.1, 0.15) is 11.4 Å². The average Bonchev–Trinajstić information content (AvgIpc) is 3.01. The highest BCUT2D eigenvalue weighted by Gasteiger charge is 2.32. The summed E-state index contributed by atoms with van der Waals surface area (Å²) in [5.74, 6) is -0.670. The maximum atomic E-state index is 12.0. The fourth-order valence-corrected chi connectivity index (χ4v) is 3.31. The molecule has 1 unspecified atom stereocenters. The SMILES string of the molecule is O=C1Cc2ccc3c(C4CCC(=O)NC4=O)coc3c2C1. The van der Waals surface area contributed by atoms with Gasteiger partial charge in [0.25, 0.3) is 0 Å². The molecule has 1 fully saturated rings. The summed E-state index contributed by atoms with van der Waals surface area (Å²) in [6, 6.07) is 3.85. The van der Waals surface area contributed by atoms with Crippen LogP contribution < -0.4 is 5.32 Å². The lowest BCUT2D eigenvalue weighted by Crippen LogP contribution is -2.39. The van der Waals surface area contributed by atoms with Gasteiger partial charge >= 0.3 is 0 Å². The van der Waals surface area contributed by atoms with E-state index in [2.05, 4.69) is 5.32 Å². The molecule has 2 aromatic rings. The Morgan fingerprint density at radius 1 is 1.14 bits per heavy atom. The van der Waals surface area contributed by atoms with Gasteiger partial charge in [0, 0.05) is 35.8 Å². The molecule has 2 amide bonds. The lowest BCUT2D eigenvalue weighted by Gasteiger charge is -2.19. The summed E-state index contributed by atoms with van der Waals surface area (Å²) in [7, 11) is 0. The van der Waals surface area contributed by atoms with Crippen LogP contribution in [0.25, 0.3) is 11.0 Å². The van der Waals surface area contributed by atoms with Crippen molar-refractivity contribution in [1.29, 1.82) is 0 Å². The highest BCUT2D eigenvalue weighted by Crippen LogP contribution is 2.36. The molecule has 1 saturated heterocycles. The minimum atomic E-state index is -0.362. The van der Waals surface area contributed by atoms with Gasteiger partial charge in [0.15, 0.2) is 0 Å². The number of carbonyl (C=O) groups is 3. The number of Topliss-reactive ketones (excluding diaryl/α,β-unsaturated/α-hetero) is 1. The first-order valence-electron chi connectivity index (χ1n) is 7.00. The number of nitrogens with one attached hydrogen (secondary N) is 1. The first-order chi connectivity index (χ1) is 10.1. The van der Waals surface area contributed by atoms with Crippen LogP contribution in [0, 0.1) is 0 Å². The van der Waals surface area contributed by atoms with Crippen LogP contribution in [0.2, 0.25) is 0 Å². The molecule has 1 atom stereocenters. The first-order valence-corrected chi connectivity index (χ1v) is 7.00. The van der Waals surface area contributed by atoms with E-state index in [0.29, 0.717) is 31.3 Å². The first kappa shape index (κ1) is 12.3. The minimum Gasteiger partial charge on any atom is -0.464 e. The van der Waals surface area contributed by atoms with Crippen molar-refractivity contribution in [2.75, 3.05) is 0 Å². The zero-order valence-electron chi connectivity index (χ0n) is 11.3. The monoisotopic (exact) mass is 283 g/mol. The summed E-state index contributed by atoms with van der Waals surface area (Å²) < 4.78 is 5.65. The third-order valence-electron chi connectivity index (χ3n) is 4.35. The van der Waals surface area contributed by atoms with Crippen molar-refractivity contribution in [2.45, 2.75) is 31.6 Å². The van der Waals surface area contributed by atoms with E-state index in [9.17, 15) is 14.4 Å². The standard InChI is InChI=1S/C16H13NO4/c18-9-5-8-1-2-10-13(7-21-15(10)12(8)6-9)11-3-4-14(19)17-16(11)20/h1-2,7,11H,3-6H2,(H,17,19,20). The molecule has 1 aromatic heterocycles. The van der Waals surface area contributed by atoms with Crippen LogP contribution in [-0.2, 0) is 27.2 Å². The van der Waals surface area contributed by atoms with Crippen LogP contribution in [0.3, 0.4) is 0 Å². The summed E-state index contributed by atoms with van der Waals surface area (Å²) in [5, 5.41) is 3.24. The molecule has 1 aliphatic carbocycles. The maximum absolute atomic E-state index is 12.0. The largest absolute Gasteiger partial charge is 0.464 e. The quantitative estimate of drug-likeness (QED) is 0.807. The van der Waals surface area contributed by atoms with E-state index in [1.807, 2.05) is 12.1 Å². The van der Waals surface area contributed by atoms with Gasteiger partial charge in [-0.15, -0.1) is 0 Å². The predicted molar refractivity (Wildman–Crippen MR) is 73.8 cm³/mol. The van der Waals surface area contributed by atoms with Crippen molar-refractivity contribution in [3.05, 3.63) is 35.1 Å². The summed E-state index contributed by atoms with van der Waals surface area (Å²) >= 11 is 0. The second kappa shape index (κ2) is 4.28. The smallest absolute Gasteiger partial charge is 0.234 e. The molecule has 4 rings (SSSR count). The molecular weight excluding hydrogens is 270 g/mol. The van der Waals surface area contributed by atoms with Crippen LogP contribution in [0.4, 0.5) is 0 Å². The normalized spacial score (nSPS) is 21.7. The molecule has 2 aliphatic rings. The lowest BCUT2D eigenvalue weighted by atomic mass is 9.89. The van der Waals surface area contributed by atoms with Gasteiger partial charge in [0.2, 0.25) is 11.8 Å². The lowest BCUT2D eigenvalue weighted by molar-refractivity contribution is -0.134. The number of furan rings is 1. The number of rotatable bonds is 1. The molecule has 5 nitrogen and oxygen atoms in total. The third kappa shape index (κ3) is 1.81. The summed E-state index contributed by atoms with van der Waals surface area (Å²) in [6.07, 6.45) is 3.28. The van der Waals surface area contributed by atoms with Crippen molar-refractivity contribution in [2.24, 2.45) is 0 Å². The predicted octanol–water partition coefficient (Wildman–Crippen LogP) is 1.62. The third-order valence-corrected chi connectivity index (χ3v) is 4.35. The van der Waals surface area contributed by atoms with Crippen molar-refractivity contribution in [1.82, 2.24) is 5.32 Å². The number of amides is 2. The Morgan fingerprint density at radius 2 is 2.00 bits per heavy atom. The average molecular weight is 283 g/mol. The van der Waals surface area contributed by atoms with E-state index < -0.39 is 0 Å². The molecule has 106 valence electrons. The second-order valence-electron chi connectivity index (χ2n) is 5.67. The molecule has 0 saturated carbocycles. The fraction of sp³-hybridized carbons (Fsp3) is 0.312. The van der Waals surface area contributed by atoms with Crippen LogP contribution in [0.1, 0.15) is 35.4 Å². The number of piperidine rings is 1. The van der Waals surface area contributed by atoms with Crippen LogP contribution in [0.15, 0.2) is 22.8 Å². The van der Waals surface area contributed by atoms with Crippen molar-refractivity contribution in [3.8, 4) is 0 Å². The molecule has 0 bridgehead atoms. The number of benzene rings is 1. The summed E-state index contributed by atoms with van der Waals surface area (Å²) in [5.41, 5.74) is 3.46. The molecule has 21 heavy (non-hydrogen) atoms. The van der Waals surface area contributed by atoms with Gasteiger partial charge in [-0.2, -0.15) is 0 Å². The van der Waals surface area contributed by atoms with E-state index in [0.717, 1.165) is 22.1 Å². The Bertz CT molecular complexity index is 802. The van der Waals surface area contributed by atoms with Gasteiger partial charge in [-0.3, -0.25) is 19.7 Å². The maximum Gasteiger partial charge on any atom is 0.234 e. The summed E-state index contributed by atoms with van der Waals surface area (Å²) in [6.45, 7) is 0. The van der Waals surface area contributed by atoms with Crippen molar-refractivity contribution in [3.63, 3.8) is 0 Å².